The third-order valence-corrected chi connectivity index (χ3v) is 4.44. The minimum Gasteiger partial charge on any atom is -0.496 e. The summed E-state index contributed by atoms with van der Waals surface area (Å²) in [7, 11) is 1.41. The van der Waals surface area contributed by atoms with Gasteiger partial charge in [0.25, 0.3) is 5.69 Å². The van der Waals surface area contributed by atoms with E-state index in [0.29, 0.717) is 25.3 Å². The van der Waals surface area contributed by atoms with E-state index in [2.05, 4.69) is 5.32 Å². The average Bonchev–Trinajstić information content (AvgIpc) is 2.61. The zero-order valence-corrected chi connectivity index (χ0v) is 14.2. The van der Waals surface area contributed by atoms with E-state index in [1.54, 1.807) is 6.92 Å². The maximum absolute atomic E-state index is 12.5. The molecule has 25 heavy (non-hydrogen) atoms. The number of carbonyl (C=O) groups excluding carboxylic acids is 2. The Kier molecular flexibility index (Phi) is 5.92. The highest BCUT2D eigenvalue weighted by Crippen LogP contribution is 2.29. The van der Waals surface area contributed by atoms with Gasteiger partial charge in [-0.05, 0) is 38.4 Å². The van der Waals surface area contributed by atoms with E-state index in [1.807, 2.05) is 4.90 Å². The summed E-state index contributed by atoms with van der Waals surface area (Å²) in [5.74, 6) is -0.695. The molecular formula is C16H22N4O5. The quantitative estimate of drug-likeness (QED) is 0.584. The normalized spacial score (nSPS) is 19.0. The molecule has 0 aromatic heterocycles. The van der Waals surface area contributed by atoms with Crippen LogP contribution >= 0.6 is 0 Å². The van der Waals surface area contributed by atoms with Gasteiger partial charge in [0.2, 0.25) is 11.8 Å². The van der Waals surface area contributed by atoms with Gasteiger partial charge >= 0.3 is 0 Å². The number of carbonyl (C=O) groups is 2. The molecule has 2 unspecified atom stereocenters. The van der Waals surface area contributed by atoms with Crippen LogP contribution in [0.3, 0.4) is 0 Å². The molecule has 1 aromatic rings. The van der Waals surface area contributed by atoms with Crippen LogP contribution in [0.4, 0.5) is 11.4 Å². The lowest BCUT2D eigenvalue weighted by Gasteiger charge is -2.34. The van der Waals surface area contributed by atoms with E-state index in [9.17, 15) is 19.7 Å². The van der Waals surface area contributed by atoms with Crippen LogP contribution in [-0.2, 0) is 9.59 Å². The monoisotopic (exact) mass is 350 g/mol. The second kappa shape index (κ2) is 7.93. The summed E-state index contributed by atoms with van der Waals surface area (Å²) in [4.78, 5) is 36.4. The number of likely N-dealkylation sites (tertiary alicyclic amines) is 1. The van der Waals surface area contributed by atoms with Crippen molar-refractivity contribution < 1.29 is 19.2 Å². The summed E-state index contributed by atoms with van der Waals surface area (Å²) in [5.41, 5.74) is 5.22. The lowest BCUT2D eigenvalue weighted by atomic mass is 9.96. The Morgan fingerprint density at radius 3 is 2.80 bits per heavy atom. The second-order valence-electron chi connectivity index (χ2n) is 6.04. The van der Waals surface area contributed by atoms with Crippen LogP contribution in [0.1, 0.15) is 19.8 Å². The maximum atomic E-state index is 12.5. The number of anilines is 1. The van der Waals surface area contributed by atoms with Gasteiger partial charge in [0.05, 0.1) is 30.1 Å². The van der Waals surface area contributed by atoms with E-state index in [4.69, 9.17) is 10.5 Å². The third kappa shape index (κ3) is 4.44. The molecule has 1 aromatic carbocycles. The molecular weight excluding hydrogens is 328 g/mol. The van der Waals surface area contributed by atoms with Crippen molar-refractivity contribution in [3.63, 3.8) is 0 Å². The largest absolute Gasteiger partial charge is 0.496 e. The summed E-state index contributed by atoms with van der Waals surface area (Å²) < 4.78 is 4.97. The summed E-state index contributed by atoms with van der Waals surface area (Å²) in [6, 6.07) is 3.69. The van der Waals surface area contributed by atoms with Crippen LogP contribution in [0.2, 0.25) is 0 Å². The number of hydrogen-bond donors (Lipinski definition) is 2. The predicted octanol–water partition coefficient (Wildman–Crippen LogP) is 1.13. The lowest BCUT2D eigenvalue weighted by Crippen LogP contribution is -2.49. The number of rotatable bonds is 6. The first kappa shape index (κ1) is 18.7. The number of nitro groups is 1. The molecule has 0 bridgehead atoms. The number of methoxy groups -OCH3 is 1. The van der Waals surface area contributed by atoms with Crippen LogP contribution in [0.25, 0.3) is 0 Å². The van der Waals surface area contributed by atoms with E-state index >= 15 is 0 Å². The molecule has 0 spiro atoms. The number of nitro benzene ring substituents is 1. The minimum absolute atomic E-state index is 0.103. The van der Waals surface area contributed by atoms with Crippen molar-refractivity contribution in [1.82, 2.24) is 4.90 Å². The standard InChI is InChI=1S/C16H22N4O5/c1-10(19-7-3-4-11(9-19)15(17)21)16(22)18-13-6-5-12(25-2)8-14(13)20(23)24/h5-6,8,10-11H,3-4,7,9H2,1-2H3,(H2,17,21)(H,18,22). The van der Waals surface area contributed by atoms with Crippen LogP contribution in [0.15, 0.2) is 18.2 Å². The Morgan fingerprint density at radius 2 is 2.20 bits per heavy atom. The van der Waals surface area contributed by atoms with Crippen molar-refractivity contribution in [3.05, 3.63) is 28.3 Å². The Hall–Kier alpha value is -2.68. The highest BCUT2D eigenvalue weighted by atomic mass is 16.6. The molecule has 3 N–H and O–H groups in total. The number of benzene rings is 1. The Morgan fingerprint density at radius 1 is 1.48 bits per heavy atom. The van der Waals surface area contributed by atoms with Gasteiger partial charge in [0.1, 0.15) is 11.4 Å². The lowest BCUT2D eigenvalue weighted by molar-refractivity contribution is -0.384. The molecule has 2 amide bonds. The summed E-state index contributed by atoms with van der Waals surface area (Å²) in [6.07, 6.45) is 1.48. The number of primary amides is 1. The van der Waals surface area contributed by atoms with Gasteiger partial charge in [-0.1, -0.05) is 0 Å². The number of ether oxygens (including phenoxy) is 1. The van der Waals surface area contributed by atoms with Gasteiger partial charge in [-0.15, -0.1) is 0 Å². The van der Waals surface area contributed by atoms with Gasteiger partial charge in [-0.2, -0.15) is 0 Å². The van der Waals surface area contributed by atoms with Crippen molar-refractivity contribution in [2.24, 2.45) is 11.7 Å². The van der Waals surface area contributed by atoms with Crippen LogP contribution in [0.5, 0.6) is 5.75 Å². The van der Waals surface area contributed by atoms with Gasteiger partial charge < -0.3 is 15.8 Å². The van der Waals surface area contributed by atoms with E-state index in [1.165, 1.54) is 25.3 Å². The third-order valence-electron chi connectivity index (χ3n) is 4.44. The summed E-state index contributed by atoms with van der Waals surface area (Å²) in [6.45, 7) is 2.78. The zero-order valence-electron chi connectivity index (χ0n) is 14.2. The molecule has 136 valence electrons. The minimum atomic E-state index is -0.577. The van der Waals surface area contributed by atoms with Crippen molar-refractivity contribution in [3.8, 4) is 5.75 Å². The van der Waals surface area contributed by atoms with Gasteiger partial charge in [-0.25, -0.2) is 0 Å². The second-order valence-corrected chi connectivity index (χ2v) is 6.04. The molecule has 2 rings (SSSR count). The van der Waals surface area contributed by atoms with E-state index in [0.717, 1.165) is 6.42 Å². The Labute approximate surface area is 145 Å². The maximum Gasteiger partial charge on any atom is 0.296 e. The Bertz CT molecular complexity index is 678. The molecule has 1 heterocycles. The highest BCUT2D eigenvalue weighted by molar-refractivity contribution is 5.96. The van der Waals surface area contributed by atoms with Crippen LogP contribution in [-0.4, -0.2) is 47.9 Å². The predicted molar refractivity (Wildman–Crippen MR) is 91.2 cm³/mol. The fourth-order valence-electron chi connectivity index (χ4n) is 2.89. The number of nitrogens with two attached hydrogens (primary N) is 1. The molecule has 2 atom stereocenters. The van der Waals surface area contributed by atoms with Crippen LogP contribution in [0, 0.1) is 16.0 Å². The first-order valence-electron chi connectivity index (χ1n) is 8.00. The van der Waals surface area contributed by atoms with Crippen LogP contribution < -0.4 is 15.8 Å². The smallest absolute Gasteiger partial charge is 0.296 e. The van der Waals surface area contributed by atoms with Crippen molar-refractivity contribution in [2.45, 2.75) is 25.8 Å². The van der Waals surface area contributed by atoms with Crippen molar-refractivity contribution >= 4 is 23.2 Å². The number of nitrogens with zero attached hydrogens (tertiary/aromatic N) is 2. The molecule has 9 nitrogen and oxygen atoms in total. The summed E-state index contributed by atoms with van der Waals surface area (Å²) >= 11 is 0. The van der Waals surface area contributed by atoms with Crippen molar-refractivity contribution in [1.29, 1.82) is 0 Å². The van der Waals surface area contributed by atoms with Gasteiger partial charge in [0.15, 0.2) is 0 Å². The average molecular weight is 350 g/mol. The number of nitrogens with one attached hydrogen (secondary N) is 1. The molecule has 0 saturated carbocycles. The number of piperidine rings is 1. The van der Waals surface area contributed by atoms with E-state index < -0.39 is 11.0 Å². The molecule has 1 saturated heterocycles. The van der Waals surface area contributed by atoms with Gasteiger partial charge in [0, 0.05) is 6.54 Å². The zero-order chi connectivity index (χ0) is 18.6. The first-order valence-corrected chi connectivity index (χ1v) is 8.00. The topological polar surface area (TPSA) is 128 Å². The molecule has 1 fully saturated rings. The van der Waals surface area contributed by atoms with Gasteiger partial charge in [-0.3, -0.25) is 24.6 Å². The molecule has 1 aliphatic rings. The fraction of sp³-hybridized carbons (Fsp3) is 0.500. The molecule has 9 heteroatoms. The first-order chi connectivity index (χ1) is 11.8. The molecule has 1 aliphatic heterocycles. The molecule has 0 radical (unpaired) electrons. The van der Waals surface area contributed by atoms with Crippen molar-refractivity contribution in [2.75, 3.05) is 25.5 Å². The van der Waals surface area contributed by atoms with E-state index in [-0.39, 0.29) is 29.1 Å². The summed E-state index contributed by atoms with van der Waals surface area (Å²) in [5, 5.41) is 13.8. The fourth-order valence-corrected chi connectivity index (χ4v) is 2.89. The Balaban J connectivity index is 2.11. The number of amides is 2. The molecule has 0 aliphatic carbocycles. The highest BCUT2D eigenvalue weighted by Gasteiger charge is 2.30. The number of hydrogen-bond acceptors (Lipinski definition) is 6. The SMILES string of the molecule is COc1ccc(NC(=O)C(C)N2CCCC(C(N)=O)C2)c([N+](=O)[O-])c1.